The maximum Gasteiger partial charge on any atom is 0.140 e. The molecule has 0 bridgehead atoms. The molecule has 0 unspecified atom stereocenters. The molecule has 0 aliphatic carbocycles. The predicted molar refractivity (Wildman–Crippen MR) is 84.7 cm³/mol. The van der Waals surface area contributed by atoms with Crippen molar-refractivity contribution in [1.29, 1.82) is 0 Å². The first-order chi connectivity index (χ1) is 10.5. The van der Waals surface area contributed by atoms with Gasteiger partial charge in [-0.05, 0) is 32.4 Å². The van der Waals surface area contributed by atoms with Gasteiger partial charge < -0.3 is 14.8 Å². The van der Waals surface area contributed by atoms with Crippen LogP contribution in [-0.2, 0) is 6.54 Å². The number of hydrogen-bond donors (Lipinski definition) is 2. The van der Waals surface area contributed by atoms with E-state index < -0.39 is 5.60 Å². The summed E-state index contributed by atoms with van der Waals surface area (Å²) >= 11 is 0. The monoisotopic (exact) mass is 301 g/mol. The summed E-state index contributed by atoms with van der Waals surface area (Å²) < 4.78 is 6.03. The van der Waals surface area contributed by atoms with Gasteiger partial charge in [-0.15, -0.1) is 0 Å². The maximum atomic E-state index is 10.6. The molecule has 0 radical (unpaired) electrons. The van der Waals surface area contributed by atoms with Crippen LogP contribution in [0.3, 0.4) is 0 Å². The van der Waals surface area contributed by atoms with Gasteiger partial charge in [0.15, 0.2) is 0 Å². The molecule has 1 aromatic heterocycles. The number of ether oxygens (including phenoxy) is 1. The van der Waals surface area contributed by atoms with Crippen molar-refractivity contribution in [2.75, 3.05) is 13.1 Å². The standard InChI is InChI=1S/C17H23N3O2/c1-13-15(19-12-18-13)10-20-9-8-17(2,21)16(11-20)22-14-6-4-3-5-7-14/h3-7,12,16,21H,8-11H2,1-2H3,(H,18,19)/t16-,17-/m0/s1. The number of aryl methyl sites for hydroxylation is 1. The number of nitrogens with zero attached hydrogens (tertiary/aromatic N) is 2. The van der Waals surface area contributed by atoms with Crippen molar-refractivity contribution in [3.05, 3.63) is 48.0 Å². The van der Waals surface area contributed by atoms with Gasteiger partial charge in [0.1, 0.15) is 17.5 Å². The van der Waals surface area contributed by atoms with Gasteiger partial charge in [-0.2, -0.15) is 0 Å². The molecule has 1 saturated heterocycles. The quantitative estimate of drug-likeness (QED) is 0.908. The van der Waals surface area contributed by atoms with Crippen LogP contribution in [0.1, 0.15) is 24.7 Å². The summed E-state index contributed by atoms with van der Waals surface area (Å²) in [5.41, 5.74) is 1.34. The van der Waals surface area contributed by atoms with Crippen LogP contribution in [0.25, 0.3) is 0 Å². The first-order valence-electron chi connectivity index (χ1n) is 7.70. The highest BCUT2D eigenvalue weighted by molar-refractivity contribution is 5.22. The highest BCUT2D eigenvalue weighted by Crippen LogP contribution is 2.27. The Bertz CT molecular complexity index is 609. The van der Waals surface area contributed by atoms with Gasteiger partial charge in [0.2, 0.25) is 0 Å². The van der Waals surface area contributed by atoms with Crippen molar-refractivity contribution in [3.63, 3.8) is 0 Å². The molecule has 0 amide bonds. The molecular weight excluding hydrogens is 278 g/mol. The number of aromatic amines is 1. The Kier molecular flexibility index (Phi) is 4.18. The van der Waals surface area contributed by atoms with E-state index in [1.54, 1.807) is 6.33 Å². The minimum atomic E-state index is -0.813. The SMILES string of the molecule is Cc1[nH]cnc1CN1CC[C@](C)(O)[C@@H](Oc2ccccc2)C1. The van der Waals surface area contributed by atoms with Crippen molar-refractivity contribution < 1.29 is 9.84 Å². The molecule has 2 N–H and O–H groups in total. The van der Waals surface area contributed by atoms with E-state index in [-0.39, 0.29) is 6.10 Å². The lowest BCUT2D eigenvalue weighted by Crippen LogP contribution is -2.56. The number of benzene rings is 1. The molecule has 22 heavy (non-hydrogen) atoms. The minimum absolute atomic E-state index is 0.247. The lowest BCUT2D eigenvalue weighted by molar-refractivity contribution is -0.0966. The number of piperidine rings is 1. The molecule has 3 rings (SSSR count). The Balaban J connectivity index is 1.69. The zero-order valence-corrected chi connectivity index (χ0v) is 13.1. The van der Waals surface area contributed by atoms with E-state index in [1.807, 2.05) is 44.2 Å². The van der Waals surface area contributed by atoms with E-state index in [0.29, 0.717) is 13.0 Å². The van der Waals surface area contributed by atoms with Gasteiger partial charge >= 0.3 is 0 Å². The molecular formula is C17H23N3O2. The van der Waals surface area contributed by atoms with E-state index in [0.717, 1.165) is 30.2 Å². The number of imidazole rings is 1. The Morgan fingerprint density at radius 2 is 2.18 bits per heavy atom. The Hall–Kier alpha value is -1.85. The highest BCUT2D eigenvalue weighted by atomic mass is 16.5. The van der Waals surface area contributed by atoms with E-state index in [9.17, 15) is 5.11 Å². The second-order valence-electron chi connectivity index (χ2n) is 6.24. The summed E-state index contributed by atoms with van der Waals surface area (Å²) in [4.78, 5) is 9.75. The lowest BCUT2D eigenvalue weighted by Gasteiger charge is -2.42. The molecule has 1 fully saturated rings. The summed E-state index contributed by atoms with van der Waals surface area (Å²) in [5.74, 6) is 0.797. The number of nitrogens with one attached hydrogen (secondary N) is 1. The van der Waals surface area contributed by atoms with Crippen LogP contribution < -0.4 is 4.74 Å². The molecule has 2 atom stereocenters. The zero-order valence-electron chi connectivity index (χ0n) is 13.1. The number of aromatic nitrogens is 2. The molecule has 5 heteroatoms. The second kappa shape index (κ2) is 6.10. The normalized spacial score (nSPS) is 26.0. The molecule has 0 saturated carbocycles. The van der Waals surface area contributed by atoms with Crippen LogP contribution in [0.4, 0.5) is 0 Å². The maximum absolute atomic E-state index is 10.6. The van der Waals surface area contributed by atoms with Crippen LogP contribution in [0.2, 0.25) is 0 Å². The fourth-order valence-electron chi connectivity index (χ4n) is 2.80. The van der Waals surface area contributed by atoms with Gasteiger partial charge in [-0.25, -0.2) is 4.98 Å². The van der Waals surface area contributed by atoms with Crippen molar-refractivity contribution in [2.24, 2.45) is 0 Å². The largest absolute Gasteiger partial charge is 0.486 e. The number of likely N-dealkylation sites (tertiary alicyclic amines) is 1. The fraction of sp³-hybridized carbons (Fsp3) is 0.471. The van der Waals surface area contributed by atoms with E-state index >= 15 is 0 Å². The Morgan fingerprint density at radius 3 is 2.86 bits per heavy atom. The van der Waals surface area contributed by atoms with Crippen molar-refractivity contribution >= 4 is 0 Å². The van der Waals surface area contributed by atoms with Crippen molar-refractivity contribution in [3.8, 4) is 5.75 Å². The van der Waals surface area contributed by atoms with Crippen molar-refractivity contribution in [1.82, 2.24) is 14.9 Å². The van der Waals surface area contributed by atoms with E-state index in [2.05, 4.69) is 14.9 Å². The number of rotatable bonds is 4. The molecule has 1 aliphatic heterocycles. The van der Waals surface area contributed by atoms with Gasteiger partial charge in [-0.1, -0.05) is 18.2 Å². The number of aliphatic hydroxyl groups is 1. The van der Waals surface area contributed by atoms with Gasteiger partial charge in [0, 0.05) is 25.3 Å². The first kappa shape index (κ1) is 15.1. The average molecular weight is 301 g/mol. The summed E-state index contributed by atoms with van der Waals surface area (Å²) in [7, 11) is 0. The van der Waals surface area contributed by atoms with E-state index in [1.165, 1.54) is 0 Å². The fourth-order valence-corrected chi connectivity index (χ4v) is 2.80. The molecule has 5 nitrogen and oxygen atoms in total. The molecule has 118 valence electrons. The van der Waals surface area contributed by atoms with Gasteiger partial charge in [0.05, 0.1) is 12.0 Å². The molecule has 1 aliphatic rings. The Morgan fingerprint density at radius 1 is 1.41 bits per heavy atom. The van der Waals surface area contributed by atoms with Crippen LogP contribution >= 0.6 is 0 Å². The topological polar surface area (TPSA) is 61.4 Å². The van der Waals surface area contributed by atoms with E-state index in [4.69, 9.17) is 4.74 Å². The third-order valence-corrected chi connectivity index (χ3v) is 4.38. The second-order valence-corrected chi connectivity index (χ2v) is 6.24. The molecule has 2 heterocycles. The van der Waals surface area contributed by atoms with Crippen molar-refractivity contribution in [2.45, 2.75) is 38.5 Å². The zero-order chi connectivity index (χ0) is 15.6. The number of para-hydroxylation sites is 1. The third kappa shape index (κ3) is 3.31. The molecule has 2 aromatic rings. The lowest BCUT2D eigenvalue weighted by atomic mass is 9.90. The average Bonchev–Trinajstić information content (AvgIpc) is 2.89. The van der Waals surface area contributed by atoms with Crippen LogP contribution in [0, 0.1) is 6.92 Å². The summed E-state index contributed by atoms with van der Waals surface area (Å²) in [5, 5.41) is 10.6. The predicted octanol–water partition coefficient (Wildman–Crippen LogP) is 2.12. The summed E-state index contributed by atoms with van der Waals surface area (Å²) in [6.07, 6.45) is 2.17. The number of H-pyrrole nitrogens is 1. The van der Waals surface area contributed by atoms with Crippen LogP contribution in [-0.4, -0.2) is 44.8 Å². The first-order valence-corrected chi connectivity index (χ1v) is 7.70. The van der Waals surface area contributed by atoms with Gasteiger partial charge in [0.25, 0.3) is 0 Å². The third-order valence-electron chi connectivity index (χ3n) is 4.38. The summed E-state index contributed by atoms with van der Waals surface area (Å²) in [6.45, 7) is 6.19. The minimum Gasteiger partial charge on any atom is -0.486 e. The summed E-state index contributed by atoms with van der Waals surface area (Å²) in [6, 6.07) is 9.69. The van der Waals surface area contributed by atoms with Crippen LogP contribution in [0.5, 0.6) is 5.75 Å². The Labute approximate surface area is 130 Å². The highest BCUT2D eigenvalue weighted by Gasteiger charge is 2.39. The molecule has 1 aromatic carbocycles. The number of hydrogen-bond acceptors (Lipinski definition) is 4. The molecule has 0 spiro atoms. The van der Waals surface area contributed by atoms with Gasteiger partial charge in [-0.3, -0.25) is 4.90 Å². The smallest absolute Gasteiger partial charge is 0.140 e. The van der Waals surface area contributed by atoms with Crippen LogP contribution in [0.15, 0.2) is 36.7 Å².